The second kappa shape index (κ2) is 7.95. The van der Waals surface area contributed by atoms with Gasteiger partial charge in [0.1, 0.15) is 11.8 Å². The first-order valence-corrected chi connectivity index (χ1v) is 8.32. The number of rotatable bonds is 5. The Hall–Kier alpha value is -3.65. The second-order valence-electron chi connectivity index (χ2n) is 5.68. The first-order chi connectivity index (χ1) is 12.7. The average Bonchev–Trinajstić information content (AvgIpc) is 2.69. The Bertz CT molecular complexity index is 958. The van der Waals surface area contributed by atoms with Crippen LogP contribution in [0.4, 0.5) is 17.1 Å². The van der Waals surface area contributed by atoms with E-state index in [2.05, 4.69) is 21.7 Å². The summed E-state index contributed by atoms with van der Waals surface area (Å²) in [4.78, 5) is 16.6. The summed E-state index contributed by atoms with van der Waals surface area (Å²) in [5.41, 5.74) is 4.16. The van der Waals surface area contributed by atoms with Gasteiger partial charge in [-0.15, -0.1) is 0 Å². The summed E-state index contributed by atoms with van der Waals surface area (Å²) >= 11 is 0. The molecule has 0 atom stereocenters. The Kier molecular flexibility index (Phi) is 5.25. The Labute approximate surface area is 152 Å². The molecule has 0 unspecified atom stereocenters. The molecule has 2 N–H and O–H groups in total. The zero-order chi connectivity index (χ0) is 18.4. The number of nitrogens with one attached hydrogen (secondary N) is 2. The van der Waals surface area contributed by atoms with E-state index in [4.69, 9.17) is 5.26 Å². The lowest BCUT2D eigenvalue weighted by atomic mass is 10.1. The SMILES string of the molecule is CCc1ccccc1NC(=O)c1ccc(Nc2ccccc2C#N)cn1. The molecule has 5 heteroatoms. The lowest BCUT2D eigenvalue weighted by Crippen LogP contribution is -2.14. The number of benzene rings is 2. The maximum atomic E-state index is 12.4. The van der Waals surface area contributed by atoms with Crippen LogP contribution in [0.2, 0.25) is 0 Å². The molecule has 2 aromatic carbocycles. The number of pyridine rings is 1. The molecule has 128 valence electrons. The van der Waals surface area contributed by atoms with Gasteiger partial charge in [0.05, 0.1) is 23.1 Å². The van der Waals surface area contributed by atoms with Gasteiger partial charge in [0.25, 0.3) is 5.91 Å². The smallest absolute Gasteiger partial charge is 0.274 e. The predicted molar refractivity (Wildman–Crippen MR) is 102 cm³/mol. The summed E-state index contributed by atoms with van der Waals surface area (Å²) in [7, 11) is 0. The lowest BCUT2D eigenvalue weighted by Gasteiger charge is -2.10. The van der Waals surface area contributed by atoms with Gasteiger partial charge in [0, 0.05) is 5.69 Å². The quantitative estimate of drug-likeness (QED) is 0.715. The van der Waals surface area contributed by atoms with Crippen molar-refractivity contribution in [3.05, 3.63) is 83.7 Å². The van der Waals surface area contributed by atoms with E-state index in [9.17, 15) is 4.79 Å². The van der Waals surface area contributed by atoms with Crippen molar-refractivity contribution in [2.45, 2.75) is 13.3 Å². The molecule has 3 rings (SSSR count). The minimum Gasteiger partial charge on any atom is -0.353 e. The summed E-state index contributed by atoms with van der Waals surface area (Å²) in [6, 6.07) is 20.5. The van der Waals surface area contributed by atoms with Crippen LogP contribution in [-0.2, 0) is 6.42 Å². The number of anilines is 3. The highest BCUT2D eigenvalue weighted by Gasteiger charge is 2.10. The van der Waals surface area contributed by atoms with Crippen LogP contribution in [0.3, 0.4) is 0 Å². The maximum Gasteiger partial charge on any atom is 0.274 e. The van der Waals surface area contributed by atoms with Gasteiger partial charge in [0.2, 0.25) is 0 Å². The van der Waals surface area contributed by atoms with Crippen molar-refractivity contribution in [3.8, 4) is 6.07 Å². The summed E-state index contributed by atoms with van der Waals surface area (Å²) in [6.45, 7) is 2.04. The highest BCUT2D eigenvalue weighted by atomic mass is 16.1. The van der Waals surface area contributed by atoms with Crippen molar-refractivity contribution in [1.29, 1.82) is 5.26 Å². The van der Waals surface area contributed by atoms with E-state index >= 15 is 0 Å². The molecule has 0 aliphatic carbocycles. The molecule has 1 heterocycles. The minimum atomic E-state index is -0.255. The first-order valence-electron chi connectivity index (χ1n) is 8.32. The minimum absolute atomic E-state index is 0.255. The summed E-state index contributed by atoms with van der Waals surface area (Å²) < 4.78 is 0. The number of para-hydroxylation sites is 2. The van der Waals surface area contributed by atoms with Crippen molar-refractivity contribution < 1.29 is 4.79 Å². The third-order valence-corrected chi connectivity index (χ3v) is 3.97. The predicted octanol–water partition coefficient (Wildman–Crippen LogP) is 4.51. The van der Waals surface area contributed by atoms with E-state index in [1.54, 1.807) is 24.4 Å². The van der Waals surface area contributed by atoms with Crippen LogP contribution in [0.5, 0.6) is 0 Å². The monoisotopic (exact) mass is 342 g/mol. The number of carbonyl (C=O) groups is 1. The molecule has 0 fully saturated rings. The molecule has 0 saturated carbocycles. The normalized spacial score (nSPS) is 10.0. The molecule has 5 nitrogen and oxygen atoms in total. The molecule has 3 aromatic rings. The highest BCUT2D eigenvalue weighted by molar-refractivity contribution is 6.03. The Morgan fingerprint density at radius 3 is 2.46 bits per heavy atom. The van der Waals surface area contributed by atoms with Crippen LogP contribution in [0, 0.1) is 11.3 Å². The molecule has 0 aliphatic rings. The Morgan fingerprint density at radius 1 is 1.04 bits per heavy atom. The molecule has 26 heavy (non-hydrogen) atoms. The van der Waals surface area contributed by atoms with Crippen molar-refractivity contribution in [2.24, 2.45) is 0 Å². The van der Waals surface area contributed by atoms with Crippen molar-refractivity contribution >= 4 is 23.0 Å². The molecule has 0 saturated heterocycles. The zero-order valence-corrected chi connectivity index (χ0v) is 14.4. The molecule has 0 bridgehead atoms. The van der Waals surface area contributed by atoms with Crippen LogP contribution in [0.15, 0.2) is 66.9 Å². The number of aryl methyl sites for hydroxylation is 1. The summed E-state index contributed by atoms with van der Waals surface area (Å²) in [6.07, 6.45) is 2.42. The van der Waals surface area contributed by atoms with Gasteiger partial charge < -0.3 is 10.6 Å². The third-order valence-electron chi connectivity index (χ3n) is 3.97. The Morgan fingerprint density at radius 2 is 1.77 bits per heavy atom. The highest BCUT2D eigenvalue weighted by Crippen LogP contribution is 2.20. The van der Waals surface area contributed by atoms with Gasteiger partial charge in [-0.1, -0.05) is 37.3 Å². The second-order valence-corrected chi connectivity index (χ2v) is 5.68. The van der Waals surface area contributed by atoms with Gasteiger partial charge in [-0.3, -0.25) is 4.79 Å². The first kappa shape index (κ1) is 17.2. The largest absolute Gasteiger partial charge is 0.353 e. The molecule has 0 aliphatic heterocycles. The number of hydrogen-bond donors (Lipinski definition) is 2. The molecule has 0 radical (unpaired) electrons. The Balaban J connectivity index is 1.73. The lowest BCUT2D eigenvalue weighted by molar-refractivity contribution is 0.102. The van der Waals surface area contributed by atoms with Crippen LogP contribution < -0.4 is 10.6 Å². The van der Waals surface area contributed by atoms with E-state index < -0.39 is 0 Å². The topological polar surface area (TPSA) is 77.8 Å². The van der Waals surface area contributed by atoms with Gasteiger partial charge in [-0.25, -0.2) is 4.98 Å². The standard InChI is InChI=1S/C21H18N4O/c1-2-15-7-3-5-9-18(15)25-21(26)20-12-11-17(14-23-20)24-19-10-6-4-8-16(19)13-22/h3-12,14,24H,2H2,1H3,(H,25,26). The fourth-order valence-corrected chi connectivity index (χ4v) is 2.58. The third kappa shape index (κ3) is 3.87. The van der Waals surface area contributed by atoms with E-state index in [0.717, 1.165) is 17.7 Å². The van der Waals surface area contributed by atoms with Crippen LogP contribution in [0.1, 0.15) is 28.5 Å². The van der Waals surface area contributed by atoms with Gasteiger partial charge in [-0.05, 0) is 42.3 Å². The maximum absolute atomic E-state index is 12.4. The molecular formula is C21H18N4O. The average molecular weight is 342 g/mol. The number of nitrogens with zero attached hydrogens (tertiary/aromatic N) is 2. The molecule has 1 amide bonds. The molecule has 1 aromatic heterocycles. The van der Waals surface area contributed by atoms with Crippen LogP contribution in [-0.4, -0.2) is 10.9 Å². The van der Waals surface area contributed by atoms with Gasteiger partial charge >= 0.3 is 0 Å². The van der Waals surface area contributed by atoms with Crippen LogP contribution >= 0.6 is 0 Å². The number of carbonyl (C=O) groups excluding carboxylic acids is 1. The summed E-state index contributed by atoms with van der Waals surface area (Å²) in [5, 5.41) is 15.2. The number of aromatic nitrogens is 1. The van der Waals surface area contributed by atoms with Crippen LogP contribution in [0.25, 0.3) is 0 Å². The molecular weight excluding hydrogens is 324 g/mol. The number of hydrogen-bond acceptors (Lipinski definition) is 4. The van der Waals surface area contributed by atoms with E-state index in [1.165, 1.54) is 0 Å². The zero-order valence-electron chi connectivity index (χ0n) is 14.4. The number of amides is 1. The fourth-order valence-electron chi connectivity index (χ4n) is 2.58. The van der Waals surface area contributed by atoms with Crippen molar-refractivity contribution in [1.82, 2.24) is 4.98 Å². The van der Waals surface area contributed by atoms with E-state index in [-0.39, 0.29) is 5.91 Å². The molecule has 0 spiro atoms. The van der Waals surface area contributed by atoms with Gasteiger partial charge in [-0.2, -0.15) is 5.26 Å². The van der Waals surface area contributed by atoms with Crippen molar-refractivity contribution in [2.75, 3.05) is 10.6 Å². The van der Waals surface area contributed by atoms with E-state index in [1.807, 2.05) is 49.4 Å². The summed E-state index contributed by atoms with van der Waals surface area (Å²) in [5.74, 6) is -0.255. The number of nitriles is 1. The van der Waals surface area contributed by atoms with Gasteiger partial charge in [0.15, 0.2) is 0 Å². The van der Waals surface area contributed by atoms with E-state index in [0.29, 0.717) is 22.6 Å². The van der Waals surface area contributed by atoms with Crippen molar-refractivity contribution in [3.63, 3.8) is 0 Å². The fraction of sp³-hybridized carbons (Fsp3) is 0.0952.